The molecular formula is C10H24NO4Si. The van der Waals surface area contributed by atoms with Crippen molar-refractivity contribution in [3.63, 3.8) is 0 Å². The Bertz CT molecular complexity index is 123. The first-order valence-electron chi connectivity index (χ1n) is 5.83. The van der Waals surface area contributed by atoms with Gasteiger partial charge in [0.2, 0.25) is 0 Å². The van der Waals surface area contributed by atoms with Gasteiger partial charge in [0.1, 0.15) is 0 Å². The van der Waals surface area contributed by atoms with Crippen LogP contribution in [-0.4, -0.2) is 70.5 Å². The number of aliphatic hydroxyl groups is 2. The Balaban J connectivity index is 3.83. The van der Waals surface area contributed by atoms with Gasteiger partial charge in [-0.15, -0.1) is 0 Å². The van der Waals surface area contributed by atoms with Crippen LogP contribution in [0.3, 0.4) is 0 Å². The molecule has 0 amide bonds. The summed E-state index contributed by atoms with van der Waals surface area (Å²) in [7, 11) is -1.18. The lowest BCUT2D eigenvalue weighted by Crippen LogP contribution is -2.35. The van der Waals surface area contributed by atoms with Crippen LogP contribution >= 0.6 is 0 Å². The Hall–Kier alpha value is 0.0169. The molecule has 0 aliphatic rings. The SMILES string of the molecule is CCO[Si](CCN(CCO)CCO)OCC. The van der Waals surface area contributed by atoms with E-state index >= 15 is 0 Å². The molecule has 0 heterocycles. The van der Waals surface area contributed by atoms with Crippen molar-refractivity contribution in [1.29, 1.82) is 0 Å². The second-order valence-electron chi connectivity index (χ2n) is 3.28. The normalized spacial score (nSPS) is 11.6. The van der Waals surface area contributed by atoms with E-state index in [0.717, 1.165) is 12.6 Å². The number of aliphatic hydroxyl groups excluding tert-OH is 2. The van der Waals surface area contributed by atoms with Crippen molar-refractivity contribution in [2.45, 2.75) is 19.9 Å². The maximum Gasteiger partial charge on any atom is 0.385 e. The summed E-state index contributed by atoms with van der Waals surface area (Å²) in [6.45, 7) is 7.49. The van der Waals surface area contributed by atoms with Gasteiger partial charge in [-0.1, -0.05) is 0 Å². The fourth-order valence-corrected chi connectivity index (χ4v) is 2.89. The molecule has 0 fully saturated rings. The van der Waals surface area contributed by atoms with Gasteiger partial charge in [0.25, 0.3) is 0 Å². The summed E-state index contributed by atoms with van der Waals surface area (Å²) < 4.78 is 11.0. The van der Waals surface area contributed by atoms with Crippen LogP contribution in [0.1, 0.15) is 13.8 Å². The van der Waals surface area contributed by atoms with Gasteiger partial charge in [-0.05, 0) is 13.8 Å². The lowest BCUT2D eigenvalue weighted by atomic mass is 10.5. The minimum atomic E-state index is -1.18. The topological polar surface area (TPSA) is 62.2 Å². The quantitative estimate of drug-likeness (QED) is 0.499. The largest absolute Gasteiger partial charge is 0.395 e. The molecule has 0 spiro atoms. The molecule has 0 atom stereocenters. The average Bonchev–Trinajstić information content (AvgIpc) is 2.27. The molecule has 0 unspecified atom stereocenters. The van der Waals surface area contributed by atoms with Crippen LogP contribution in [0, 0.1) is 0 Å². The van der Waals surface area contributed by atoms with Crippen LogP contribution in [0.4, 0.5) is 0 Å². The lowest BCUT2D eigenvalue weighted by Gasteiger charge is -2.21. The van der Waals surface area contributed by atoms with Gasteiger partial charge in [-0.3, -0.25) is 4.90 Å². The molecule has 0 aromatic carbocycles. The molecular weight excluding hydrogens is 226 g/mol. The fourth-order valence-electron chi connectivity index (χ4n) is 1.38. The molecule has 16 heavy (non-hydrogen) atoms. The van der Waals surface area contributed by atoms with Crippen molar-refractivity contribution in [1.82, 2.24) is 4.90 Å². The Kier molecular flexibility index (Phi) is 11.5. The van der Waals surface area contributed by atoms with Crippen LogP contribution in [-0.2, 0) is 8.85 Å². The Morgan fingerprint density at radius 2 is 1.44 bits per heavy atom. The molecule has 97 valence electrons. The second-order valence-corrected chi connectivity index (χ2v) is 5.10. The van der Waals surface area contributed by atoms with Crippen LogP contribution in [0.15, 0.2) is 0 Å². The van der Waals surface area contributed by atoms with Gasteiger partial charge in [-0.25, -0.2) is 0 Å². The van der Waals surface area contributed by atoms with Gasteiger partial charge >= 0.3 is 9.28 Å². The molecule has 2 N–H and O–H groups in total. The summed E-state index contributed by atoms with van der Waals surface area (Å²) in [4.78, 5) is 2.02. The maximum absolute atomic E-state index is 8.86. The van der Waals surface area contributed by atoms with Crippen LogP contribution in [0.25, 0.3) is 0 Å². The third kappa shape index (κ3) is 8.20. The maximum atomic E-state index is 8.86. The highest BCUT2D eigenvalue weighted by Gasteiger charge is 2.16. The van der Waals surface area contributed by atoms with Crippen LogP contribution in [0.5, 0.6) is 0 Å². The smallest absolute Gasteiger partial charge is 0.385 e. The fraction of sp³-hybridized carbons (Fsp3) is 1.00. The zero-order valence-corrected chi connectivity index (χ0v) is 11.3. The molecule has 0 aliphatic carbocycles. The first-order valence-corrected chi connectivity index (χ1v) is 7.36. The van der Waals surface area contributed by atoms with E-state index in [-0.39, 0.29) is 13.2 Å². The molecule has 5 nitrogen and oxygen atoms in total. The average molecular weight is 250 g/mol. The number of rotatable bonds is 11. The van der Waals surface area contributed by atoms with E-state index in [2.05, 4.69) is 0 Å². The lowest BCUT2D eigenvalue weighted by molar-refractivity contribution is 0.158. The first kappa shape index (κ1) is 16.0. The zero-order valence-electron chi connectivity index (χ0n) is 10.3. The van der Waals surface area contributed by atoms with E-state index in [1.807, 2.05) is 18.7 Å². The van der Waals surface area contributed by atoms with Crippen molar-refractivity contribution in [2.24, 2.45) is 0 Å². The summed E-state index contributed by atoms with van der Waals surface area (Å²) in [5.74, 6) is 0. The van der Waals surface area contributed by atoms with E-state index in [1.54, 1.807) is 0 Å². The predicted molar refractivity (Wildman–Crippen MR) is 64.4 cm³/mol. The Morgan fingerprint density at radius 1 is 0.938 bits per heavy atom. The number of hydrogen-bond acceptors (Lipinski definition) is 5. The first-order chi connectivity index (χ1) is 7.78. The van der Waals surface area contributed by atoms with E-state index < -0.39 is 9.28 Å². The summed E-state index contributed by atoms with van der Waals surface area (Å²) in [5.41, 5.74) is 0. The zero-order chi connectivity index (χ0) is 12.2. The molecule has 1 radical (unpaired) electrons. The molecule has 0 saturated carbocycles. The van der Waals surface area contributed by atoms with Crippen molar-refractivity contribution in [3.05, 3.63) is 0 Å². The van der Waals surface area contributed by atoms with Crippen LogP contribution in [0.2, 0.25) is 6.04 Å². The molecule has 0 aliphatic heterocycles. The highest BCUT2D eigenvalue weighted by molar-refractivity contribution is 6.44. The van der Waals surface area contributed by atoms with Gasteiger partial charge in [-0.2, -0.15) is 0 Å². The highest BCUT2D eigenvalue weighted by Crippen LogP contribution is 2.00. The second kappa shape index (κ2) is 11.5. The molecule has 6 heteroatoms. The Labute approximate surface area is 99.8 Å². The molecule has 0 bridgehead atoms. The van der Waals surface area contributed by atoms with Gasteiger partial charge in [0.15, 0.2) is 0 Å². The standard InChI is InChI=1S/C10H24NO4Si/c1-3-14-16(15-4-2)10-7-11(5-8-12)6-9-13/h12-13H,3-10H2,1-2H3. The molecule has 0 aromatic rings. The molecule has 0 rings (SSSR count). The van der Waals surface area contributed by atoms with Crippen molar-refractivity contribution >= 4 is 9.28 Å². The van der Waals surface area contributed by atoms with Crippen molar-refractivity contribution in [2.75, 3.05) is 46.1 Å². The van der Waals surface area contributed by atoms with Crippen LogP contribution < -0.4 is 0 Å². The van der Waals surface area contributed by atoms with E-state index in [9.17, 15) is 0 Å². The minimum Gasteiger partial charge on any atom is -0.395 e. The summed E-state index contributed by atoms with van der Waals surface area (Å²) >= 11 is 0. The third-order valence-electron chi connectivity index (χ3n) is 2.08. The minimum absolute atomic E-state index is 0.116. The summed E-state index contributed by atoms with van der Waals surface area (Å²) in [5, 5.41) is 17.7. The van der Waals surface area contributed by atoms with E-state index in [0.29, 0.717) is 26.3 Å². The van der Waals surface area contributed by atoms with Gasteiger partial charge in [0.05, 0.1) is 13.2 Å². The van der Waals surface area contributed by atoms with E-state index in [1.165, 1.54) is 0 Å². The Morgan fingerprint density at radius 3 is 1.81 bits per heavy atom. The van der Waals surface area contributed by atoms with E-state index in [4.69, 9.17) is 19.1 Å². The molecule has 0 saturated heterocycles. The number of hydrogen-bond donors (Lipinski definition) is 2. The van der Waals surface area contributed by atoms with Crippen molar-refractivity contribution < 1.29 is 19.1 Å². The summed E-state index contributed by atoms with van der Waals surface area (Å²) in [6.07, 6.45) is 0. The monoisotopic (exact) mass is 250 g/mol. The summed E-state index contributed by atoms with van der Waals surface area (Å²) in [6, 6.07) is 0.854. The van der Waals surface area contributed by atoms with Crippen molar-refractivity contribution in [3.8, 4) is 0 Å². The third-order valence-corrected chi connectivity index (χ3v) is 3.93. The predicted octanol–water partition coefficient (Wildman–Crippen LogP) is -0.166. The molecule has 0 aromatic heterocycles. The highest BCUT2D eigenvalue weighted by atomic mass is 28.3. The van der Waals surface area contributed by atoms with Gasteiger partial charge < -0.3 is 19.1 Å². The number of nitrogens with zero attached hydrogens (tertiary/aromatic N) is 1. The van der Waals surface area contributed by atoms with Gasteiger partial charge in [0, 0.05) is 38.9 Å².